The zero-order chi connectivity index (χ0) is 15.5. The molecule has 2 heterocycles. The van der Waals surface area contributed by atoms with Gasteiger partial charge >= 0.3 is 0 Å². The molecule has 0 saturated heterocycles. The van der Waals surface area contributed by atoms with Gasteiger partial charge in [-0.25, -0.2) is 9.13 Å². The standard InChI is InChI=1S/C20H18N3/c1-2-6-17(7-3-1)14-22-12-13-23(16-22)15-19-9-4-8-18-10-5-11-21-20(18)19/h1-13,16H,14-15H2/q+1. The van der Waals surface area contributed by atoms with Gasteiger partial charge in [-0.15, -0.1) is 0 Å². The number of pyridine rings is 1. The molecule has 23 heavy (non-hydrogen) atoms. The van der Waals surface area contributed by atoms with Crippen LogP contribution in [-0.2, 0) is 13.1 Å². The Bertz CT molecular complexity index is 920. The summed E-state index contributed by atoms with van der Waals surface area (Å²) in [6.07, 6.45) is 8.24. The lowest BCUT2D eigenvalue weighted by Crippen LogP contribution is -2.31. The number of imidazole rings is 1. The number of fused-ring (bicyclic) bond motifs is 1. The Morgan fingerprint density at radius 2 is 1.78 bits per heavy atom. The van der Waals surface area contributed by atoms with Crippen molar-refractivity contribution in [3.05, 3.63) is 96.7 Å². The van der Waals surface area contributed by atoms with Crippen molar-refractivity contribution < 1.29 is 4.57 Å². The van der Waals surface area contributed by atoms with Crippen LogP contribution in [-0.4, -0.2) is 9.55 Å². The number of aromatic nitrogens is 3. The molecule has 0 radical (unpaired) electrons. The highest BCUT2D eigenvalue weighted by Crippen LogP contribution is 2.16. The Balaban J connectivity index is 1.57. The van der Waals surface area contributed by atoms with Gasteiger partial charge in [0.2, 0.25) is 6.33 Å². The first-order chi connectivity index (χ1) is 11.4. The van der Waals surface area contributed by atoms with E-state index in [0.29, 0.717) is 0 Å². The third kappa shape index (κ3) is 2.99. The van der Waals surface area contributed by atoms with Crippen molar-refractivity contribution in [2.75, 3.05) is 0 Å². The van der Waals surface area contributed by atoms with E-state index in [-0.39, 0.29) is 0 Å². The summed E-state index contributed by atoms with van der Waals surface area (Å²) in [6.45, 7) is 1.72. The van der Waals surface area contributed by atoms with Crippen LogP contribution in [0.2, 0.25) is 0 Å². The van der Waals surface area contributed by atoms with Gasteiger partial charge in [-0.2, -0.15) is 0 Å². The van der Waals surface area contributed by atoms with Crippen LogP contribution in [0.15, 0.2) is 85.6 Å². The van der Waals surface area contributed by atoms with E-state index in [2.05, 4.69) is 81.4 Å². The zero-order valence-corrected chi connectivity index (χ0v) is 12.8. The fourth-order valence-electron chi connectivity index (χ4n) is 2.91. The summed E-state index contributed by atoms with van der Waals surface area (Å²) >= 11 is 0. The van der Waals surface area contributed by atoms with Gasteiger partial charge < -0.3 is 0 Å². The molecule has 0 bridgehead atoms. The fourth-order valence-corrected chi connectivity index (χ4v) is 2.91. The van der Waals surface area contributed by atoms with Crippen molar-refractivity contribution in [3.8, 4) is 0 Å². The van der Waals surface area contributed by atoms with E-state index >= 15 is 0 Å². The maximum Gasteiger partial charge on any atom is 0.244 e. The van der Waals surface area contributed by atoms with E-state index < -0.39 is 0 Å². The highest BCUT2D eigenvalue weighted by molar-refractivity contribution is 5.81. The Morgan fingerprint density at radius 3 is 2.70 bits per heavy atom. The van der Waals surface area contributed by atoms with Crippen LogP contribution in [0.25, 0.3) is 10.9 Å². The molecule has 4 aromatic rings. The van der Waals surface area contributed by atoms with E-state index in [1.54, 1.807) is 0 Å². The summed E-state index contributed by atoms with van der Waals surface area (Å²) in [6, 6.07) is 21.0. The zero-order valence-electron chi connectivity index (χ0n) is 12.8. The molecular formula is C20H18N3+. The molecule has 2 aromatic carbocycles. The van der Waals surface area contributed by atoms with E-state index in [1.807, 2.05) is 18.3 Å². The van der Waals surface area contributed by atoms with Gasteiger partial charge in [-0.3, -0.25) is 4.98 Å². The second-order valence-corrected chi connectivity index (χ2v) is 5.74. The molecule has 0 spiro atoms. The molecule has 0 N–H and O–H groups in total. The monoisotopic (exact) mass is 300 g/mol. The minimum absolute atomic E-state index is 0.830. The largest absolute Gasteiger partial charge is 0.256 e. The lowest BCUT2D eigenvalue weighted by Gasteiger charge is -2.03. The summed E-state index contributed by atoms with van der Waals surface area (Å²) in [5.74, 6) is 0. The van der Waals surface area contributed by atoms with Crippen LogP contribution in [0.5, 0.6) is 0 Å². The molecule has 0 aliphatic heterocycles. The van der Waals surface area contributed by atoms with Crippen molar-refractivity contribution in [2.45, 2.75) is 13.1 Å². The van der Waals surface area contributed by atoms with E-state index in [9.17, 15) is 0 Å². The number of benzene rings is 2. The van der Waals surface area contributed by atoms with Crippen molar-refractivity contribution in [3.63, 3.8) is 0 Å². The summed E-state index contributed by atoms with van der Waals surface area (Å²) in [7, 11) is 0. The quantitative estimate of drug-likeness (QED) is 0.529. The highest BCUT2D eigenvalue weighted by atomic mass is 15.1. The average molecular weight is 300 g/mol. The number of hydrogen-bond acceptors (Lipinski definition) is 1. The lowest BCUT2D eigenvalue weighted by molar-refractivity contribution is -0.687. The van der Waals surface area contributed by atoms with Gasteiger partial charge in [0, 0.05) is 17.1 Å². The normalized spacial score (nSPS) is 11.0. The van der Waals surface area contributed by atoms with Crippen LogP contribution < -0.4 is 4.57 Å². The lowest BCUT2D eigenvalue weighted by atomic mass is 10.1. The van der Waals surface area contributed by atoms with Crippen LogP contribution in [0.3, 0.4) is 0 Å². The number of nitrogens with zero attached hydrogens (tertiary/aromatic N) is 3. The maximum atomic E-state index is 4.53. The van der Waals surface area contributed by atoms with Gasteiger partial charge in [0.05, 0.1) is 5.52 Å². The summed E-state index contributed by atoms with van der Waals surface area (Å²) in [4.78, 5) is 4.53. The molecule has 112 valence electrons. The highest BCUT2D eigenvalue weighted by Gasteiger charge is 2.08. The van der Waals surface area contributed by atoms with E-state index in [0.717, 1.165) is 18.6 Å². The predicted octanol–water partition coefficient (Wildman–Crippen LogP) is 3.42. The second kappa shape index (κ2) is 6.05. The molecule has 0 fully saturated rings. The molecule has 3 heteroatoms. The molecule has 0 aliphatic rings. The van der Waals surface area contributed by atoms with Crippen molar-refractivity contribution >= 4 is 10.9 Å². The first kappa shape index (κ1) is 13.7. The smallest absolute Gasteiger partial charge is 0.244 e. The van der Waals surface area contributed by atoms with Crippen LogP contribution in [0.4, 0.5) is 0 Å². The minimum atomic E-state index is 0.830. The van der Waals surface area contributed by atoms with Crippen LogP contribution in [0, 0.1) is 0 Å². The summed E-state index contributed by atoms with van der Waals surface area (Å²) in [5, 5.41) is 1.19. The van der Waals surface area contributed by atoms with Crippen molar-refractivity contribution in [1.82, 2.24) is 9.55 Å². The Morgan fingerprint density at radius 1 is 0.913 bits per heavy atom. The third-order valence-corrected chi connectivity index (χ3v) is 4.02. The number of para-hydroxylation sites is 1. The Kier molecular flexibility index (Phi) is 3.60. The first-order valence-corrected chi connectivity index (χ1v) is 7.80. The van der Waals surface area contributed by atoms with Gasteiger partial charge in [-0.1, -0.05) is 54.6 Å². The molecule has 0 saturated carbocycles. The predicted molar refractivity (Wildman–Crippen MR) is 91.0 cm³/mol. The number of rotatable bonds is 4. The molecular weight excluding hydrogens is 282 g/mol. The molecule has 0 unspecified atom stereocenters. The fraction of sp³-hybridized carbons (Fsp3) is 0.100. The van der Waals surface area contributed by atoms with Gasteiger partial charge in [0.15, 0.2) is 0 Å². The van der Waals surface area contributed by atoms with E-state index in [1.165, 1.54) is 16.5 Å². The molecule has 4 rings (SSSR count). The topological polar surface area (TPSA) is 21.7 Å². The molecule has 3 nitrogen and oxygen atoms in total. The SMILES string of the molecule is c1ccc(C[n+]2ccn(Cc3cccc4cccnc34)c2)cc1. The molecule has 0 amide bonds. The number of hydrogen-bond donors (Lipinski definition) is 0. The molecule has 2 aromatic heterocycles. The minimum Gasteiger partial charge on any atom is -0.256 e. The third-order valence-electron chi connectivity index (χ3n) is 4.02. The van der Waals surface area contributed by atoms with E-state index in [4.69, 9.17) is 0 Å². The first-order valence-electron chi connectivity index (χ1n) is 7.80. The average Bonchev–Trinajstić information content (AvgIpc) is 3.03. The maximum absolute atomic E-state index is 4.53. The summed E-state index contributed by atoms with van der Waals surface area (Å²) in [5.41, 5.74) is 3.63. The van der Waals surface area contributed by atoms with Gasteiger partial charge in [0.25, 0.3) is 0 Å². The molecule has 0 atom stereocenters. The Hall–Kier alpha value is -2.94. The van der Waals surface area contributed by atoms with Crippen LogP contribution >= 0.6 is 0 Å². The summed E-state index contributed by atoms with van der Waals surface area (Å²) < 4.78 is 4.40. The van der Waals surface area contributed by atoms with Crippen LogP contribution in [0.1, 0.15) is 11.1 Å². The van der Waals surface area contributed by atoms with Gasteiger partial charge in [-0.05, 0) is 11.6 Å². The van der Waals surface area contributed by atoms with Crippen molar-refractivity contribution in [2.24, 2.45) is 0 Å². The Labute approximate surface area is 135 Å². The molecule has 0 aliphatic carbocycles. The van der Waals surface area contributed by atoms with Crippen molar-refractivity contribution in [1.29, 1.82) is 0 Å². The second-order valence-electron chi connectivity index (χ2n) is 5.74. The van der Waals surface area contributed by atoms with Gasteiger partial charge in [0.1, 0.15) is 25.5 Å².